The Morgan fingerprint density at radius 3 is 2.28 bits per heavy atom. The van der Waals surface area contributed by atoms with Gasteiger partial charge in [0.2, 0.25) is 0 Å². The van der Waals surface area contributed by atoms with Crippen LogP contribution in [0.15, 0.2) is 34.9 Å². The van der Waals surface area contributed by atoms with Crippen molar-refractivity contribution in [2.75, 3.05) is 5.32 Å². The summed E-state index contributed by atoms with van der Waals surface area (Å²) in [6.45, 7) is 6.70. The number of rotatable bonds is 7. The predicted octanol–water partition coefficient (Wildman–Crippen LogP) is 4.56. The number of hydrogen-bond acceptors (Lipinski definition) is 8. The highest BCUT2D eigenvalue weighted by atomic mass is 16.6. The summed E-state index contributed by atoms with van der Waals surface area (Å²) in [7, 11) is 0. The SMILES string of the molecule is Cc1ccc(C)c(OCc2c(C(=O)Nc3cc([N+](=O)[O-])c(C)c([N+](=O)[O-])c3)noc2C)c1. The topological polar surface area (TPSA) is 151 Å². The molecule has 3 aromatic rings. The lowest BCUT2D eigenvalue weighted by Crippen LogP contribution is -2.16. The van der Waals surface area contributed by atoms with Crippen LogP contribution in [0.25, 0.3) is 0 Å². The molecule has 11 nitrogen and oxygen atoms in total. The predicted molar refractivity (Wildman–Crippen MR) is 114 cm³/mol. The summed E-state index contributed by atoms with van der Waals surface area (Å²) in [6, 6.07) is 7.84. The van der Waals surface area contributed by atoms with Gasteiger partial charge in [-0.2, -0.15) is 0 Å². The molecular weight excluding hydrogens is 420 g/mol. The van der Waals surface area contributed by atoms with E-state index in [0.717, 1.165) is 23.3 Å². The Balaban J connectivity index is 1.87. The molecular formula is C21H20N4O7. The van der Waals surface area contributed by atoms with Crippen molar-refractivity contribution in [1.82, 2.24) is 5.16 Å². The summed E-state index contributed by atoms with van der Waals surface area (Å²) in [5.74, 6) is 0.261. The van der Waals surface area contributed by atoms with Gasteiger partial charge in [0.1, 0.15) is 23.7 Å². The Labute approximate surface area is 182 Å². The van der Waals surface area contributed by atoms with Gasteiger partial charge in [0, 0.05) is 12.1 Å². The van der Waals surface area contributed by atoms with Crippen molar-refractivity contribution in [3.63, 3.8) is 0 Å². The lowest BCUT2D eigenvalue weighted by Gasteiger charge is -2.10. The van der Waals surface area contributed by atoms with Gasteiger partial charge < -0.3 is 14.6 Å². The van der Waals surface area contributed by atoms with Crippen LogP contribution in [0.4, 0.5) is 17.1 Å². The maximum Gasteiger partial charge on any atom is 0.281 e. The van der Waals surface area contributed by atoms with E-state index in [0.29, 0.717) is 17.1 Å². The summed E-state index contributed by atoms with van der Waals surface area (Å²) in [5, 5.41) is 28.7. The quantitative estimate of drug-likeness (QED) is 0.415. The summed E-state index contributed by atoms with van der Waals surface area (Å²) in [5.41, 5.74) is 1.04. The number of carbonyl (C=O) groups excluding carboxylic acids is 1. The van der Waals surface area contributed by atoms with Crippen LogP contribution in [-0.2, 0) is 6.61 Å². The zero-order valence-corrected chi connectivity index (χ0v) is 17.8. The fourth-order valence-electron chi connectivity index (χ4n) is 3.08. The Morgan fingerprint density at radius 1 is 1.06 bits per heavy atom. The minimum Gasteiger partial charge on any atom is -0.488 e. The van der Waals surface area contributed by atoms with E-state index < -0.39 is 27.1 Å². The minimum atomic E-state index is -0.748. The fourth-order valence-corrected chi connectivity index (χ4v) is 3.08. The average Bonchev–Trinajstić information content (AvgIpc) is 3.09. The summed E-state index contributed by atoms with van der Waals surface area (Å²) in [4.78, 5) is 33.8. The van der Waals surface area contributed by atoms with E-state index >= 15 is 0 Å². The summed E-state index contributed by atoms with van der Waals surface area (Å²) >= 11 is 0. The van der Waals surface area contributed by atoms with Crippen molar-refractivity contribution in [2.24, 2.45) is 0 Å². The molecule has 1 heterocycles. The summed E-state index contributed by atoms with van der Waals surface area (Å²) in [6.07, 6.45) is 0. The molecule has 0 unspecified atom stereocenters. The second-order valence-corrected chi connectivity index (χ2v) is 7.23. The van der Waals surface area contributed by atoms with Crippen LogP contribution < -0.4 is 10.1 Å². The number of ether oxygens (including phenoxy) is 1. The Hall–Kier alpha value is -4.28. The molecule has 11 heteroatoms. The van der Waals surface area contributed by atoms with Crippen LogP contribution in [0.3, 0.4) is 0 Å². The number of hydrogen-bond donors (Lipinski definition) is 1. The van der Waals surface area contributed by atoms with Gasteiger partial charge in [-0.05, 0) is 44.9 Å². The zero-order chi connectivity index (χ0) is 23.6. The van der Waals surface area contributed by atoms with E-state index in [1.165, 1.54) is 6.92 Å². The molecule has 0 radical (unpaired) electrons. The fraction of sp³-hybridized carbons (Fsp3) is 0.238. The number of aromatic nitrogens is 1. The van der Waals surface area contributed by atoms with Crippen molar-refractivity contribution in [3.8, 4) is 5.75 Å². The van der Waals surface area contributed by atoms with E-state index in [1.807, 2.05) is 32.0 Å². The first-order valence-corrected chi connectivity index (χ1v) is 9.48. The largest absolute Gasteiger partial charge is 0.488 e. The highest BCUT2D eigenvalue weighted by Crippen LogP contribution is 2.32. The maximum absolute atomic E-state index is 12.8. The molecule has 0 fully saturated rings. The molecule has 1 aromatic heterocycles. The van der Waals surface area contributed by atoms with Crippen LogP contribution in [0.2, 0.25) is 0 Å². The van der Waals surface area contributed by atoms with Crippen molar-refractivity contribution in [2.45, 2.75) is 34.3 Å². The van der Waals surface area contributed by atoms with Gasteiger partial charge in [-0.1, -0.05) is 17.3 Å². The third kappa shape index (κ3) is 4.56. The number of nitrogens with zero attached hydrogens (tertiary/aromatic N) is 3. The minimum absolute atomic E-state index is 0.00340. The van der Waals surface area contributed by atoms with Gasteiger partial charge in [0.25, 0.3) is 17.3 Å². The van der Waals surface area contributed by atoms with Gasteiger partial charge in [0.15, 0.2) is 5.69 Å². The first-order valence-electron chi connectivity index (χ1n) is 9.48. The molecule has 1 amide bonds. The molecule has 0 spiro atoms. The van der Waals surface area contributed by atoms with Gasteiger partial charge in [-0.3, -0.25) is 25.0 Å². The van der Waals surface area contributed by atoms with Crippen LogP contribution in [-0.4, -0.2) is 20.9 Å². The number of aryl methyl sites for hydroxylation is 3. The standard InChI is InChI=1S/C21H20N4O7/c1-11-5-6-12(2)19(7-11)31-10-16-14(4)32-23-20(16)21(26)22-15-8-17(24(27)28)13(3)18(9-15)25(29)30/h5-9H,10H2,1-4H3,(H,22,26). The highest BCUT2D eigenvalue weighted by molar-refractivity contribution is 6.04. The van der Waals surface area contributed by atoms with Crippen molar-refractivity contribution >= 4 is 23.0 Å². The van der Waals surface area contributed by atoms with E-state index in [4.69, 9.17) is 9.26 Å². The van der Waals surface area contributed by atoms with Gasteiger partial charge in [-0.15, -0.1) is 0 Å². The molecule has 166 valence electrons. The molecule has 0 aliphatic heterocycles. The number of carbonyl (C=O) groups is 1. The van der Waals surface area contributed by atoms with Crippen molar-refractivity contribution in [1.29, 1.82) is 0 Å². The first-order chi connectivity index (χ1) is 15.1. The van der Waals surface area contributed by atoms with Crippen LogP contribution in [0.1, 0.15) is 38.5 Å². The van der Waals surface area contributed by atoms with E-state index in [9.17, 15) is 25.0 Å². The molecule has 2 aromatic carbocycles. The van der Waals surface area contributed by atoms with Crippen LogP contribution in [0, 0.1) is 47.9 Å². The third-order valence-corrected chi connectivity index (χ3v) is 4.92. The normalized spacial score (nSPS) is 10.6. The molecule has 32 heavy (non-hydrogen) atoms. The second kappa shape index (κ2) is 8.84. The highest BCUT2D eigenvalue weighted by Gasteiger charge is 2.26. The van der Waals surface area contributed by atoms with Crippen LogP contribution in [0.5, 0.6) is 5.75 Å². The number of nitro benzene ring substituents is 2. The lowest BCUT2D eigenvalue weighted by atomic mass is 10.1. The van der Waals surface area contributed by atoms with E-state index in [-0.39, 0.29) is 23.6 Å². The smallest absolute Gasteiger partial charge is 0.281 e. The van der Waals surface area contributed by atoms with E-state index in [2.05, 4.69) is 10.5 Å². The van der Waals surface area contributed by atoms with Crippen molar-refractivity contribution in [3.05, 3.63) is 84.3 Å². The van der Waals surface area contributed by atoms with Crippen LogP contribution >= 0.6 is 0 Å². The van der Waals surface area contributed by atoms with Gasteiger partial charge in [-0.25, -0.2) is 0 Å². The number of amides is 1. The zero-order valence-electron chi connectivity index (χ0n) is 17.8. The molecule has 0 saturated heterocycles. The monoisotopic (exact) mass is 440 g/mol. The van der Waals surface area contributed by atoms with E-state index in [1.54, 1.807) is 6.92 Å². The lowest BCUT2D eigenvalue weighted by molar-refractivity contribution is -0.395. The average molecular weight is 440 g/mol. The van der Waals surface area contributed by atoms with Gasteiger partial charge in [0.05, 0.1) is 21.1 Å². The Kier molecular flexibility index (Phi) is 6.19. The first kappa shape index (κ1) is 22.4. The maximum atomic E-state index is 12.8. The molecule has 3 rings (SSSR count). The third-order valence-electron chi connectivity index (χ3n) is 4.92. The molecule has 0 saturated carbocycles. The molecule has 0 aliphatic carbocycles. The number of nitro groups is 2. The number of anilines is 1. The molecule has 0 bridgehead atoms. The summed E-state index contributed by atoms with van der Waals surface area (Å²) < 4.78 is 11.0. The Bertz CT molecular complexity index is 1200. The number of nitrogens with one attached hydrogen (secondary N) is 1. The number of benzene rings is 2. The Morgan fingerprint density at radius 2 is 1.69 bits per heavy atom. The van der Waals surface area contributed by atoms with Crippen molar-refractivity contribution < 1.29 is 23.9 Å². The molecule has 0 atom stereocenters. The molecule has 0 aliphatic rings. The van der Waals surface area contributed by atoms with Gasteiger partial charge >= 0.3 is 0 Å². The molecule has 1 N–H and O–H groups in total. The second-order valence-electron chi connectivity index (χ2n) is 7.23.